The highest BCUT2D eigenvalue weighted by Crippen LogP contribution is 2.47. The Labute approximate surface area is 236 Å². The van der Waals surface area contributed by atoms with Gasteiger partial charge < -0.3 is 23.7 Å². The van der Waals surface area contributed by atoms with E-state index in [1.54, 1.807) is 13.2 Å². The van der Waals surface area contributed by atoms with E-state index in [0.29, 0.717) is 53.0 Å². The molecule has 0 amide bonds. The van der Waals surface area contributed by atoms with Gasteiger partial charge in [-0.2, -0.15) is 13.2 Å². The van der Waals surface area contributed by atoms with Crippen molar-refractivity contribution in [2.24, 2.45) is 0 Å². The lowest BCUT2D eigenvalue weighted by Crippen LogP contribution is -2.17. The predicted molar refractivity (Wildman–Crippen MR) is 138 cm³/mol. The SMILES string of the molecule is COCCOc1cc2ncnc(Oc3ccc(CC(=O)Cc4cc(C(F)(F)F)ccc4F)c(F)c3)c2c2c1OCCO2. The smallest absolute Gasteiger partial charge is 0.416 e. The number of aromatic nitrogens is 2. The summed E-state index contributed by atoms with van der Waals surface area (Å²) in [6, 6.07) is 7.19. The molecule has 0 saturated heterocycles. The number of carbonyl (C=O) groups excluding carboxylic acids is 1. The van der Waals surface area contributed by atoms with Gasteiger partial charge in [-0.3, -0.25) is 4.79 Å². The van der Waals surface area contributed by atoms with Gasteiger partial charge >= 0.3 is 6.18 Å². The number of ether oxygens (including phenoxy) is 5. The molecule has 1 aliphatic heterocycles. The number of fused-ring (bicyclic) bond motifs is 3. The van der Waals surface area contributed by atoms with Crippen molar-refractivity contribution in [3.63, 3.8) is 0 Å². The Kier molecular flexibility index (Phi) is 8.39. The van der Waals surface area contributed by atoms with Gasteiger partial charge in [0.2, 0.25) is 11.6 Å². The first kappa shape index (κ1) is 29.0. The summed E-state index contributed by atoms with van der Waals surface area (Å²) in [4.78, 5) is 20.9. The molecule has 0 aliphatic carbocycles. The molecule has 0 bridgehead atoms. The van der Waals surface area contributed by atoms with Crippen LogP contribution in [0.1, 0.15) is 16.7 Å². The van der Waals surface area contributed by atoms with Gasteiger partial charge in [0.15, 0.2) is 11.5 Å². The fourth-order valence-corrected chi connectivity index (χ4v) is 4.32. The molecule has 3 aromatic carbocycles. The number of ketones is 1. The van der Waals surface area contributed by atoms with Gasteiger partial charge in [0.1, 0.15) is 54.7 Å². The van der Waals surface area contributed by atoms with Crippen LogP contribution in [0.25, 0.3) is 10.9 Å². The van der Waals surface area contributed by atoms with Gasteiger partial charge in [0.05, 0.1) is 17.7 Å². The zero-order valence-corrected chi connectivity index (χ0v) is 22.1. The number of rotatable bonds is 10. The number of hydrogen-bond donors (Lipinski definition) is 0. The zero-order chi connectivity index (χ0) is 29.9. The molecule has 8 nitrogen and oxygen atoms in total. The molecule has 5 rings (SSSR count). The molecule has 4 aromatic rings. The van der Waals surface area contributed by atoms with E-state index < -0.39 is 47.6 Å². The number of alkyl halides is 3. The molecule has 0 saturated carbocycles. The van der Waals surface area contributed by atoms with Crippen molar-refractivity contribution >= 4 is 16.7 Å². The second kappa shape index (κ2) is 12.1. The summed E-state index contributed by atoms with van der Waals surface area (Å²) in [5.74, 6) is -1.32. The van der Waals surface area contributed by atoms with Crippen LogP contribution in [0.15, 0.2) is 48.8 Å². The van der Waals surface area contributed by atoms with Crippen LogP contribution in [-0.4, -0.2) is 49.3 Å². The standard InChI is InChI=1S/C29H23F5N2O6/c1-38-6-7-39-24-14-23-25(27-26(24)40-8-9-41-27)28(36-15-35-23)42-20-4-2-16(22(31)13-20)11-19(37)12-17-10-18(29(32,33)34)3-5-21(17)30/h2-5,10,13-15H,6-9,11-12H2,1H3. The first-order valence-electron chi connectivity index (χ1n) is 12.7. The third-order valence-electron chi connectivity index (χ3n) is 6.28. The van der Waals surface area contributed by atoms with Gasteiger partial charge in [-0.25, -0.2) is 18.7 Å². The minimum absolute atomic E-state index is 0.0403. The first-order valence-corrected chi connectivity index (χ1v) is 12.7. The fraction of sp³-hybridized carbons (Fsp3) is 0.276. The molecular weight excluding hydrogens is 567 g/mol. The van der Waals surface area contributed by atoms with Crippen LogP contribution in [-0.2, 0) is 28.5 Å². The Balaban J connectivity index is 1.35. The molecule has 220 valence electrons. The molecule has 0 fully saturated rings. The van der Waals surface area contributed by atoms with Crippen molar-refractivity contribution in [3.8, 4) is 28.9 Å². The number of benzene rings is 3. The van der Waals surface area contributed by atoms with Crippen molar-refractivity contribution in [1.29, 1.82) is 0 Å². The summed E-state index contributed by atoms with van der Waals surface area (Å²) < 4.78 is 96.2. The molecule has 0 radical (unpaired) electrons. The van der Waals surface area contributed by atoms with Crippen molar-refractivity contribution in [3.05, 3.63) is 77.1 Å². The van der Waals surface area contributed by atoms with Crippen molar-refractivity contribution < 1.29 is 50.4 Å². The van der Waals surface area contributed by atoms with Crippen LogP contribution in [0.5, 0.6) is 28.9 Å². The topological polar surface area (TPSA) is 89.0 Å². The summed E-state index contributed by atoms with van der Waals surface area (Å²) in [7, 11) is 1.55. The minimum Gasteiger partial charge on any atom is -0.487 e. The molecule has 0 N–H and O–H groups in total. The summed E-state index contributed by atoms with van der Waals surface area (Å²) in [5, 5.41) is 0.370. The average molecular weight is 591 g/mol. The number of carbonyl (C=O) groups is 1. The fourth-order valence-electron chi connectivity index (χ4n) is 4.32. The highest BCUT2D eigenvalue weighted by Gasteiger charge is 2.31. The maximum absolute atomic E-state index is 15.0. The normalized spacial score (nSPS) is 12.8. The second-order valence-corrected chi connectivity index (χ2v) is 9.20. The minimum atomic E-state index is -4.69. The van der Waals surface area contributed by atoms with E-state index in [0.717, 1.165) is 6.07 Å². The number of halogens is 5. The zero-order valence-electron chi connectivity index (χ0n) is 22.1. The lowest BCUT2D eigenvalue weighted by Gasteiger charge is -2.23. The van der Waals surface area contributed by atoms with Crippen molar-refractivity contribution in [2.45, 2.75) is 19.0 Å². The van der Waals surface area contributed by atoms with Gasteiger partial charge in [0.25, 0.3) is 0 Å². The first-order chi connectivity index (χ1) is 20.1. The number of Topliss-reactive ketones (excluding diaryl/α,β-unsaturated/α-hetero) is 1. The van der Waals surface area contributed by atoms with Gasteiger partial charge in [-0.15, -0.1) is 0 Å². The van der Waals surface area contributed by atoms with E-state index in [9.17, 15) is 26.7 Å². The summed E-state index contributed by atoms with van der Waals surface area (Å²) in [6.07, 6.45) is -4.54. The molecule has 13 heteroatoms. The van der Waals surface area contributed by atoms with Crippen molar-refractivity contribution in [2.75, 3.05) is 33.5 Å². The molecule has 0 unspecified atom stereocenters. The van der Waals surface area contributed by atoms with E-state index in [1.807, 2.05) is 0 Å². The van der Waals surface area contributed by atoms with Gasteiger partial charge in [-0.1, -0.05) is 6.07 Å². The van der Waals surface area contributed by atoms with Crippen LogP contribution < -0.4 is 18.9 Å². The Morgan fingerprint density at radius 3 is 2.40 bits per heavy atom. The molecule has 1 aromatic heterocycles. The highest BCUT2D eigenvalue weighted by molar-refractivity contribution is 5.94. The van der Waals surface area contributed by atoms with Crippen LogP contribution in [0.3, 0.4) is 0 Å². The summed E-state index contributed by atoms with van der Waals surface area (Å²) >= 11 is 0. The Morgan fingerprint density at radius 2 is 1.67 bits per heavy atom. The Bertz CT molecular complexity index is 1630. The van der Waals surface area contributed by atoms with Crippen LogP contribution >= 0.6 is 0 Å². The highest BCUT2D eigenvalue weighted by atomic mass is 19.4. The summed E-state index contributed by atoms with van der Waals surface area (Å²) in [5.41, 5.74) is -1.13. The van der Waals surface area contributed by atoms with E-state index in [1.165, 1.54) is 18.5 Å². The Hall–Kier alpha value is -4.52. The third-order valence-corrected chi connectivity index (χ3v) is 6.28. The van der Waals surface area contributed by atoms with Gasteiger partial charge in [-0.05, 0) is 35.4 Å². The molecule has 0 spiro atoms. The molecule has 0 atom stereocenters. The lowest BCUT2D eigenvalue weighted by atomic mass is 10.00. The molecule has 42 heavy (non-hydrogen) atoms. The number of hydrogen-bond acceptors (Lipinski definition) is 8. The number of methoxy groups -OCH3 is 1. The molecule has 2 heterocycles. The van der Waals surface area contributed by atoms with Crippen LogP contribution in [0.4, 0.5) is 22.0 Å². The third kappa shape index (κ3) is 6.35. The van der Waals surface area contributed by atoms with Crippen LogP contribution in [0.2, 0.25) is 0 Å². The largest absolute Gasteiger partial charge is 0.487 e. The predicted octanol–water partition coefficient (Wildman–Crippen LogP) is 5.87. The van der Waals surface area contributed by atoms with Gasteiger partial charge in [0, 0.05) is 32.1 Å². The van der Waals surface area contributed by atoms with E-state index in [2.05, 4.69) is 9.97 Å². The maximum atomic E-state index is 15.0. The quantitative estimate of drug-likeness (QED) is 0.167. The summed E-state index contributed by atoms with van der Waals surface area (Å²) in [6.45, 7) is 1.14. The average Bonchev–Trinajstić information content (AvgIpc) is 2.95. The van der Waals surface area contributed by atoms with E-state index >= 15 is 0 Å². The van der Waals surface area contributed by atoms with E-state index in [-0.39, 0.29) is 37.0 Å². The maximum Gasteiger partial charge on any atom is 0.416 e. The Morgan fingerprint density at radius 1 is 0.905 bits per heavy atom. The van der Waals surface area contributed by atoms with E-state index in [4.69, 9.17) is 23.7 Å². The van der Waals surface area contributed by atoms with Crippen LogP contribution in [0, 0.1) is 11.6 Å². The lowest BCUT2D eigenvalue weighted by molar-refractivity contribution is -0.137. The molecular formula is C29H23F5N2O6. The second-order valence-electron chi connectivity index (χ2n) is 9.20. The van der Waals surface area contributed by atoms with Crippen molar-refractivity contribution in [1.82, 2.24) is 9.97 Å². The molecule has 1 aliphatic rings. The number of nitrogens with zero attached hydrogens (tertiary/aromatic N) is 2. The monoisotopic (exact) mass is 590 g/mol.